The third kappa shape index (κ3) is 7.02. The lowest BCUT2D eigenvalue weighted by Crippen LogP contribution is -2.39. The fourth-order valence-corrected chi connectivity index (χ4v) is 4.56. The molecular formula is C21H43N. The van der Waals surface area contributed by atoms with E-state index in [9.17, 15) is 0 Å². The second kappa shape index (κ2) is 11.5. The number of unbranched alkanes of at least 4 members (excludes halogenated alkanes) is 2. The van der Waals surface area contributed by atoms with Crippen LogP contribution in [0.5, 0.6) is 0 Å². The Morgan fingerprint density at radius 2 is 1.23 bits per heavy atom. The van der Waals surface area contributed by atoms with Gasteiger partial charge in [0.05, 0.1) is 0 Å². The van der Waals surface area contributed by atoms with Crippen LogP contribution in [0.25, 0.3) is 0 Å². The summed E-state index contributed by atoms with van der Waals surface area (Å²) in [6.07, 6.45) is 17.2. The molecule has 1 N–H and O–H groups in total. The predicted molar refractivity (Wildman–Crippen MR) is 100 cm³/mol. The molecule has 0 spiro atoms. The monoisotopic (exact) mass is 309 g/mol. The molecule has 1 heteroatoms. The molecule has 22 heavy (non-hydrogen) atoms. The second-order valence-corrected chi connectivity index (χ2v) is 7.99. The van der Waals surface area contributed by atoms with Gasteiger partial charge in [0.15, 0.2) is 0 Å². The fourth-order valence-electron chi connectivity index (χ4n) is 4.56. The van der Waals surface area contributed by atoms with E-state index in [1.807, 2.05) is 0 Å². The van der Waals surface area contributed by atoms with E-state index in [-0.39, 0.29) is 0 Å². The van der Waals surface area contributed by atoms with E-state index in [2.05, 4.69) is 33.0 Å². The van der Waals surface area contributed by atoms with Gasteiger partial charge in [0.25, 0.3) is 0 Å². The van der Waals surface area contributed by atoms with Gasteiger partial charge in [-0.3, -0.25) is 0 Å². The number of rotatable bonds is 12. The lowest BCUT2D eigenvalue weighted by molar-refractivity contribution is 0.102. The molecule has 0 aromatic heterocycles. The molecule has 2 unspecified atom stereocenters. The molecule has 1 fully saturated rings. The number of hydrogen-bond donors (Lipinski definition) is 1. The van der Waals surface area contributed by atoms with Crippen molar-refractivity contribution in [1.29, 1.82) is 0 Å². The summed E-state index contributed by atoms with van der Waals surface area (Å²) in [5, 5.41) is 3.61. The Balaban J connectivity index is 2.66. The van der Waals surface area contributed by atoms with Crippen molar-refractivity contribution in [2.24, 2.45) is 17.3 Å². The van der Waals surface area contributed by atoms with Crippen LogP contribution in [0.1, 0.15) is 105 Å². The molecule has 0 radical (unpaired) electrons. The van der Waals surface area contributed by atoms with Crippen LogP contribution in [-0.4, -0.2) is 13.1 Å². The van der Waals surface area contributed by atoms with Crippen molar-refractivity contribution in [1.82, 2.24) is 5.32 Å². The molecule has 1 rings (SSSR count). The Labute approximate surface area is 141 Å². The SMILES string of the molecule is CCCCC(CC)CC1(CC(CC)CCCC)CCNCC1. The van der Waals surface area contributed by atoms with Crippen molar-refractivity contribution < 1.29 is 0 Å². The highest BCUT2D eigenvalue weighted by molar-refractivity contribution is 4.88. The third-order valence-electron chi connectivity index (χ3n) is 6.19. The molecule has 1 saturated heterocycles. The Hall–Kier alpha value is -0.0400. The molecule has 0 aliphatic carbocycles. The summed E-state index contributed by atoms with van der Waals surface area (Å²) in [5.41, 5.74) is 0.661. The maximum absolute atomic E-state index is 3.61. The zero-order chi connectivity index (χ0) is 16.3. The van der Waals surface area contributed by atoms with Crippen LogP contribution in [0.3, 0.4) is 0 Å². The quantitative estimate of drug-likeness (QED) is 0.430. The summed E-state index contributed by atoms with van der Waals surface area (Å²) >= 11 is 0. The summed E-state index contributed by atoms with van der Waals surface area (Å²) in [4.78, 5) is 0. The third-order valence-corrected chi connectivity index (χ3v) is 6.19. The highest BCUT2D eigenvalue weighted by atomic mass is 14.9. The van der Waals surface area contributed by atoms with E-state index < -0.39 is 0 Å². The van der Waals surface area contributed by atoms with Crippen LogP contribution in [0, 0.1) is 17.3 Å². The van der Waals surface area contributed by atoms with E-state index in [4.69, 9.17) is 0 Å². The lowest BCUT2D eigenvalue weighted by Gasteiger charge is -2.42. The summed E-state index contributed by atoms with van der Waals surface area (Å²) in [6.45, 7) is 12.0. The molecule has 0 amide bonds. The minimum atomic E-state index is 0.661. The first-order valence-corrected chi connectivity index (χ1v) is 10.4. The van der Waals surface area contributed by atoms with Gasteiger partial charge in [-0.1, -0.05) is 79.1 Å². The largest absolute Gasteiger partial charge is 0.317 e. The van der Waals surface area contributed by atoms with Crippen molar-refractivity contribution in [2.45, 2.75) is 105 Å². The van der Waals surface area contributed by atoms with Crippen molar-refractivity contribution >= 4 is 0 Å². The molecule has 2 atom stereocenters. The smallest absolute Gasteiger partial charge is 0.00436 e. The second-order valence-electron chi connectivity index (χ2n) is 7.99. The van der Waals surface area contributed by atoms with Crippen LogP contribution < -0.4 is 5.32 Å². The summed E-state index contributed by atoms with van der Waals surface area (Å²) < 4.78 is 0. The first-order valence-electron chi connectivity index (χ1n) is 10.4. The van der Waals surface area contributed by atoms with Gasteiger partial charge in [-0.15, -0.1) is 0 Å². The molecular weight excluding hydrogens is 266 g/mol. The highest BCUT2D eigenvalue weighted by Gasteiger charge is 2.35. The Bertz CT molecular complexity index is 235. The van der Waals surface area contributed by atoms with Crippen molar-refractivity contribution in [3.63, 3.8) is 0 Å². The zero-order valence-corrected chi connectivity index (χ0v) is 16.1. The summed E-state index contributed by atoms with van der Waals surface area (Å²) in [5.74, 6) is 1.95. The van der Waals surface area contributed by atoms with Crippen LogP contribution in [0.15, 0.2) is 0 Å². The van der Waals surface area contributed by atoms with Gasteiger partial charge in [0.1, 0.15) is 0 Å². The average molecular weight is 310 g/mol. The lowest BCUT2D eigenvalue weighted by atomic mass is 9.66. The predicted octanol–water partition coefficient (Wildman–Crippen LogP) is 6.57. The van der Waals surface area contributed by atoms with Crippen molar-refractivity contribution in [2.75, 3.05) is 13.1 Å². The zero-order valence-electron chi connectivity index (χ0n) is 16.1. The molecule has 1 aliphatic heterocycles. The molecule has 0 aromatic carbocycles. The van der Waals surface area contributed by atoms with Crippen molar-refractivity contribution in [3.8, 4) is 0 Å². The summed E-state index contributed by atoms with van der Waals surface area (Å²) in [7, 11) is 0. The molecule has 0 bridgehead atoms. The van der Waals surface area contributed by atoms with Crippen molar-refractivity contribution in [3.05, 3.63) is 0 Å². The van der Waals surface area contributed by atoms with Gasteiger partial charge in [-0.2, -0.15) is 0 Å². The Morgan fingerprint density at radius 1 is 0.773 bits per heavy atom. The van der Waals surface area contributed by atoms with Gasteiger partial charge in [0.2, 0.25) is 0 Å². The molecule has 1 aliphatic rings. The van der Waals surface area contributed by atoms with E-state index in [0.717, 1.165) is 11.8 Å². The Kier molecular flexibility index (Phi) is 10.4. The van der Waals surface area contributed by atoms with E-state index in [1.54, 1.807) is 0 Å². The standard InChI is InChI=1S/C21H43N/c1-5-9-11-19(7-3)17-21(13-15-22-16-14-21)18-20(8-4)12-10-6-2/h19-20,22H,5-18H2,1-4H3. The Morgan fingerprint density at radius 3 is 1.59 bits per heavy atom. The first kappa shape index (κ1) is 20.0. The number of hydrogen-bond acceptors (Lipinski definition) is 1. The maximum Gasteiger partial charge on any atom is -0.00436 e. The maximum atomic E-state index is 3.61. The van der Waals surface area contributed by atoms with E-state index >= 15 is 0 Å². The topological polar surface area (TPSA) is 12.0 Å². The molecule has 0 aromatic rings. The molecule has 1 heterocycles. The van der Waals surface area contributed by atoms with E-state index in [1.165, 1.54) is 90.1 Å². The molecule has 1 nitrogen and oxygen atoms in total. The normalized spacial score (nSPS) is 20.7. The minimum Gasteiger partial charge on any atom is -0.317 e. The van der Waals surface area contributed by atoms with Crippen LogP contribution in [-0.2, 0) is 0 Å². The van der Waals surface area contributed by atoms with Crippen LogP contribution >= 0.6 is 0 Å². The average Bonchev–Trinajstić information content (AvgIpc) is 2.56. The minimum absolute atomic E-state index is 0.661. The van der Waals surface area contributed by atoms with Gasteiger partial charge < -0.3 is 5.32 Å². The molecule has 0 saturated carbocycles. The van der Waals surface area contributed by atoms with E-state index in [0.29, 0.717) is 5.41 Å². The number of piperidine rings is 1. The van der Waals surface area contributed by atoms with Gasteiger partial charge >= 0.3 is 0 Å². The molecule has 132 valence electrons. The highest BCUT2D eigenvalue weighted by Crippen LogP contribution is 2.44. The van der Waals surface area contributed by atoms with Crippen LogP contribution in [0.4, 0.5) is 0 Å². The number of nitrogens with one attached hydrogen (secondary N) is 1. The van der Waals surface area contributed by atoms with Gasteiger partial charge in [-0.05, 0) is 56.0 Å². The summed E-state index contributed by atoms with van der Waals surface area (Å²) in [6, 6.07) is 0. The van der Waals surface area contributed by atoms with Crippen LogP contribution in [0.2, 0.25) is 0 Å². The first-order chi connectivity index (χ1) is 10.7. The van der Waals surface area contributed by atoms with Gasteiger partial charge in [-0.25, -0.2) is 0 Å². The fraction of sp³-hybridized carbons (Fsp3) is 1.00. The van der Waals surface area contributed by atoms with Gasteiger partial charge in [0, 0.05) is 0 Å².